The predicted octanol–water partition coefficient (Wildman–Crippen LogP) is 5.04. The van der Waals surface area contributed by atoms with Crippen molar-refractivity contribution in [2.45, 2.75) is 9.79 Å². The minimum atomic E-state index is -3.59. The monoisotopic (exact) mass is 538 g/mol. The van der Waals surface area contributed by atoms with Gasteiger partial charge in [0.2, 0.25) is 9.84 Å². The van der Waals surface area contributed by atoms with E-state index in [2.05, 4.69) is 0 Å². The molecular weight excluding hydrogens is 533 g/mol. The summed E-state index contributed by atoms with van der Waals surface area (Å²) in [6.45, 7) is 0. The van der Waals surface area contributed by atoms with Crippen molar-refractivity contribution in [1.82, 2.24) is 0 Å². The molecule has 0 saturated carbocycles. The molecule has 0 aliphatic rings. The van der Waals surface area contributed by atoms with Crippen molar-refractivity contribution in [3.05, 3.63) is 53.6 Å². The van der Waals surface area contributed by atoms with Crippen LogP contribution in [0, 0.1) is 7.14 Å². The summed E-state index contributed by atoms with van der Waals surface area (Å²) in [6.07, 6.45) is 0. The van der Waals surface area contributed by atoms with Crippen LogP contribution in [0.25, 0.3) is 0 Å². The molecule has 7 heteroatoms. The molecule has 0 amide bonds. The number of rotatable bonds is 2. The zero-order valence-electron chi connectivity index (χ0n) is 9.20. The number of hydrogen-bond donors (Lipinski definition) is 0. The molecule has 0 aliphatic heterocycles. The molecule has 0 heterocycles. The zero-order valence-corrected chi connectivity index (χ0v) is 15.8. The van der Waals surface area contributed by atoms with E-state index in [1.165, 1.54) is 0 Å². The average Bonchev–Trinajstić information content (AvgIpc) is 2.41. The summed E-state index contributed by atoms with van der Waals surface area (Å²) in [7, 11) is -3.59. The second-order valence-electron chi connectivity index (χ2n) is 3.61. The summed E-state index contributed by atoms with van der Waals surface area (Å²) in [4.78, 5) is 0.417. The van der Waals surface area contributed by atoms with Crippen LogP contribution in [0.3, 0.4) is 0 Å². The minimum Gasteiger partial charge on any atom is -0.218 e. The van der Waals surface area contributed by atoms with E-state index < -0.39 is 9.84 Å². The Morgan fingerprint density at radius 2 is 1.53 bits per heavy atom. The van der Waals surface area contributed by atoms with Gasteiger partial charge in [0.15, 0.2) is 0 Å². The summed E-state index contributed by atoms with van der Waals surface area (Å²) < 4.78 is 26.2. The Bertz CT molecular complexity index is 731. The molecule has 100 valence electrons. The van der Waals surface area contributed by atoms with Crippen LogP contribution < -0.4 is 0 Å². The summed E-state index contributed by atoms with van der Waals surface area (Å²) in [5.41, 5.74) is 0. The molecule has 0 radical (unpaired) electrons. The van der Waals surface area contributed by atoms with E-state index in [9.17, 15) is 8.42 Å². The van der Waals surface area contributed by atoms with E-state index in [1.54, 1.807) is 36.4 Å². The number of benzene rings is 2. The fourth-order valence-electron chi connectivity index (χ4n) is 1.47. The first-order chi connectivity index (χ1) is 8.85. The van der Waals surface area contributed by atoms with Crippen LogP contribution in [0.5, 0.6) is 0 Å². The lowest BCUT2D eigenvalue weighted by Crippen LogP contribution is -2.05. The van der Waals surface area contributed by atoms with Gasteiger partial charge in [-0.05, 0) is 63.4 Å². The van der Waals surface area contributed by atoms with E-state index in [4.69, 9.17) is 23.2 Å². The van der Waals surface area contributed by atoms with E-state index in [1.807, 2.05) is 45.2 Å². The Morgan fingerprint density at radius 3 is 2.11 bits per heavy atom. The van der Waals surface area contributed by atoms with Crippen LogP contribution >= 0.6 is 68.4 Å². The maximum absolute atomic E-state index is 12.6. The Hall–Kier alpha value is 0.430. The third-order valence-corrected chi connectivity index (χ3v) is 8.05. The predicted molar refractivity (Wildman–Crippen MR) is 93.8 cm³/mol. The van der Waals surface area contributed by atoms with Gasteiger partial charge >= 0.3 is 0 Å². The first kappa shape index (κ1) is 15.8. The second kappa shape index (κ2) is 6.05. The zero-order chi connectivity index (χ0) is 14.2. The highest BCUT2D eigenvalue weighted by atomic mass is 127. The number of sulfone groups is 1. The molecule has 0 bridgehead atoms. The Morgan fingerprint density at radius 1 is 0.947 bits per heavy atom. The van der Waals surface area contributed by atoms with Crippen LogP contribution in [0.15, 0.2) is 46.2 Å². The van der Waals surface area contributed by atoms with Gasteiger partial charge in [-0.15, -0.1) is 0 Å². The van der Waals surface area contributed by atoms with Crippen LogP contribution in [-0.4, -0.2) is 8.42 Å². The molecular formula is C12H6Cl2I2O2S. The van der Waals surface area contributed by atoms with Gasteiger partial charge < -0.3 is 0 Å². The van der Waals surface area contributed by atoms with Crippen molar-refractivity contribution in [3.8, 4) is 0 Å². The molecule has 0 atom stereocenters. The van der Waals surface area contributed by atoms with Gasteiger partial charge in [-0.25, -0.2) is 8.42 Å². The lowest BCUT2D eigenvalue weighted by molar-refractivity contribution is 0.595. The van der Waals surface area contributed by atoms with Crippen molar-refractivity contribution in [2.24, 2.45) is 0 Å². The van der Waals surface area contributed by atoms with Crippen molar-refractivity contribution in [2.75, 3.05) is 0 Å². The molecule has 0 spiro atoms. The average molecular weight is 539 g/mol. The highest BCUT2D eigenvalue weighted by Crippen LogP contribution is 2.37. The van der Waals surface area contributed by atoms with Gasteiger partial charge in [0.05, 0.1) is 23.4 Å². The minimum absolute atomic E-state index is 0.179. The summed E-state index contributed by atoms with van der Waals surface area (Å²) in [5.74, 6) is 0. The highest BCUT2D eigenvalue weighted by Gasteiger charge is 2.24. The first-order valence-electron chi connectivity index (χ1n) is 4.99. The molecule has 0 aromatic heterocycles. The van der Waals surface area contributed by atoms with E-state index >= 15 is 0 Å². The van der Waals surface area contributed by atoms with Crippen molar-refractivity contribution < 1.29 is 8.42 Å². The molecule has 0 saturated heterocycles. The van der Waals surface area contributed by atoms with Gasteiger partial charge in [-0.1, -0.05) is 41.4 Å². The molecule has 2 nitrogen and oxygen atoms in total. The standard InChI is InChI=1S/C12H6Cl2I2O2S/c13-10-8(15)6-9(12(16)11(10)14)19(17,18)7-4-2-1-3-5-7/h1-6H. The summed E-state index contributed by atoms with van der Waals surface area (Å²) >= 11 is 16.0. The lowest BCUT2D eigenvalue weighted by Gasteiger charge is -2.10. The maximum Gasteiger partial charge on any atom is 0.207 e. The summed E-state index contributed by atoms with van der Waals surface area (Å²) in [5, 5.41) is 0.641. The summed E-state index contributed by atoms with van der Waals surface area (Å²) in [6, 6.07) is 9.79. The Kier molecular flexibility index (Phi) is 5.03. The van der Waals surface area contributed by atoms with Gasteiger partial charge in [0.25, 0.3) is 0 Å². The molecule has 0 unspecified atom stereocenters. The number of hydrogen-bond acceptors (Lipinski definition) is 2. The third-order valence-electron chi connectivity index (χ3n) is 2.41. The fraction of sp³-hybridized carbons (Fsp3) is 0. The molecule has 2 aromatic rings. The van der Waals surface area contributed by atoms with E-state index in [0.717, 1.165) is 0 Å². The van der Waals surface area contributed by atoms with Crippen molar-refractivity contribution >= 4 is 78.2 Å². The Balaban J connectivity index is 2.73. The van der Waals surface area contributed by atoms with Crippen LogP contribution in [-0.2, 0) is 9.84 Å². The van der Waals surface area contributed by atoms with Gasteiger partial charge in [-0.3, -0.25) is 0 Å². The maximum atomic E-state index is 12.6. The van der Waals surface area contributed by atoms with Crippen LogP contribution in [0.4, 0.5) is 0 Å². The molecule has 0 N–H and O–H groups in total. The highest BCUT2D eigenvalue weighted by molar-refractivity contribution is 14.1. The van der Waals surface area contributed by atoms with E-state index in [0.29, 0.717) is 12.2 Å². The SMILES string of the molecule is O=S(=O)(c1ccccc1)c1cc(I)c(Cl)c(Cl)c1I. The molecule has 0 aliphatic carbocycles. The van der Waals surface area contributed by atoms with Gasteiger partial charge in [0, 0.05) is 3.57 Å². The van der Waals surface area contributed by atoms with Crippen molar-refractivity contribution in [3.63, 3.8) is 0 Å². The molecule has 2 aromatic carbocycles. The number of halogens is 4. The Labute approximate surface area is 148 Å². The quantitative estimate of drug-likeness (QED) is 0.305. The fourth-order valence-corrected chi connectivity index (χ4v) is 5.67. The normalized spacial score (nSPS) is 11.6. The van der Waals surface area contributed by atoms with Crippen molar-refractivity contribution in [1.29, 1.82) is 0 Å². The van der Waals surface area contributed by atoms with E-state index in [-0.39, 0.29) is 14.8 Å². The largest absolute Gasteiger partial charge is 0.218 e. The van der Waals surface area contributed by atoms with Crippen LogP contribution in [0.1, 0.15) is 0 Å². The lowest BCUT2D eigenvalue weighted by atomic mass is 10.4. The van der Waals surface area contributed by atoms with Crippen LogP contribution in [0.2, 0.25) is 10.0 Å². The molecule has 2 rings (SSSR count). The second-order valence-corrected chi connectivity index (χ2v) is 8.53. The third kappa shape index (κ3) is 3.04. The molecule has 19 heavy (non-hydrogen) atoms. The molecule has 0 fully saturated rings. The smallest absolute Gasteiger partial charge is 0.207 e. The van der Waals surface area contributed by atoms with Gasteiger partial charge in [-0.2, -0.15) is 0 Å². The van der Waals surface area contributed by atoms with Gasteiger partial charge in [0.1, 0.15) is 0 Å². The first-order valence-corrected chi connectivity index (χ1v) is 9.38. The topological polar surface area (TPSA) is 34.1 Å².